The van der Waals surface area contributed by atoms with E-state index in [0.717, 1.165) is 12.0 Å². The van der Waals surface area contributed by atoms with Crippen LogP contribution in [0.2, 0.25) is 0 Å². The van der Waals surface area contributed by atoms with E-state index in [-0.39, 0.29) is 23.9 Å². The Hall–Kier alpha value is -3.30. The van der Waals surface area contributed by atoms with E-state index < -0.39 is 5.91 Å². The number of nitrogens with one attached hydrogen (secondary N) is 2. The molecule has 0 aliphatic rings. The van der Waals surface area contributed by atoms with Gasteiger partial charge in [0.2, 0.25) is 11.5 Å². The fourth-order valence-electron chi connectivity index (χ4n) is 2.80. The van der Waals surface area contributed by atoms with Gasteiger partial charge in [0.05, 0.1) is 13.7 Å². The number of hydrogen-bond donors (Lipinski definition) is 3. The molecule has 0 radical (unpaired) electrons. The molecular weight excluding hydrogens is 422 g/mol. The number of halogens is 1. The van der Waals surface area contributed by atoms with Gasteiger partial charge in [0.1, 0.15) is 0 Å². The average Bonchev–Trinajstić information content (AvgIpc) is 3.20. The number of methoxy groups -OCH3 is 1. The summed E-state index contributed by atoms with van der Waals surface area (Å²) in [5.41, 5.74) is 7.74. The minimum atomic E-state index is -0.422. The largest absolute Gasteiger partial charge is 0.493 e. The Kier molecular flexibility index (Phi) is 9.60. The van der Waals surface area contributed by atoms with Crippen molar-refractivity contribution in [1.29, 1.82) is 0 Å². The van der Waals surface area contributed by atoms with Crippen LogP contribution in [0.3, 0.4) is 0 Å². The zero-order chi connectivity index (χ0) is 21.2. The van der Waals surface area contributed by atoms with Gasteiger partial charge < -0.3 is 25.8 Å². The highest BCUT2D eigenvalue weighted by atomic mass is 35.5. The number of carbonyl (C=O) groups is 1. The lowest BCUT2D eigenvalue weighted by Crippen LogP contribution is -2.32. The molecule has 10 heteroatoms. The Labute approximate surface area is 186 Å². The van der Waals surface area contributed by atoms with Gasteiger partial charge in [-0.2, -0.15) is 0 Å². The van der Waals surface area contributed by atoms with Crippen LogP contribution < -0.4 is 25.8 Å². The maximum absolute atomic E-state index is 11.8. The Morgan fingerprint density at radius 1 is 1.06 bits per heavy atom. The predicted molar refractivity (Wildman–Crippen MR) is 119 cm³/mol. The molecule has 2 aromatic carbocycles. The molecule has 0 saturated heterocycles. The lowest BCUT2D eigenvalue weighted by atomic mass is 10.1. The number of rotatable bonds is 11. The molecule has 0 spiro atoms. The van der Waals surface area contributed by atoms with Gasteiger partial charge in [0.25, 0.3) is 5.91 Å². The average molecular weight is 448 g/mol. The van der Waals surface area contributed by atoms with E-state index in [9.17, 15) is 4.79 Å². The summed E-state index contributed by atoms with van der Waals surface area (Å²) in [4.78, 5) is 11.8. The Morgan fingerprint density at radius 2 is 1.87 bits per heavy atom. The zero-order valence-corrected chi connectivity index (χ0v) is 18.0. The van der Waals surface area contributed by atoms with E-state index in [2.05, 4.69) is 37.7 Å². The first-order valence-electron chi connectivity index (χ1n) is 9.58. The molecule has 0 aliphatic heterocycles. The fraction of sp³-hybridized carbons (Fsp3) is 0.286. The molecule has 1 aromatic heterocycles. The van der Waals surface area contributed by atoms with Crippen molar-refractivity contribution in [3.05, 3.63) is 65.4 Å². The molecular formula is C21H26ClN5O4. The van der Waals surface area contributed by atoms with Crippen molar-refractivity contribution in [3.63, 3.8) is 0 Å². The monoisotopic (exact) mass is 447 g/mol. The number of hydrogen-bond acceptors (Lipinski definition) is 8. The molecule has 4 N–H and O–H groups in total. The highest BCUT2D eigenvalue weighted by Gasteiger charge is 2.14. The maximum Gasteiger partial charge on any atom is 0.277 e. The molecule has 9 nitrogen and oxygen atoms in total. The fourth-order valence-corrected chi connectivity index (χ4v) is 2.80. The maximum atomic E-state index is 11.8. The summed E-state index contributed by atoms with van der Waals surface area (Å²) in [5, 5.41) is 12.8. The molecule has 166 valence electrons. The zero-order valence-electron chi connectivity index (χ0n) is 17.2. The van der Waals surface area contributed by atoms with Crippen LogP contribution >= 0.6 is 12.4 Å². The minimum absolute atomic E-state index is 0. The van der Waals surface area contributed by atoms with Gasteiger partial charge in [0, 0.05) is 26.1 Å². The van der Waals surface area contributed by atoms with Gasteiger partial charge in [-0.25, -0.2) is 4.63 Å². The van der Waals surface area contributed by atoms with Crippen LogP contribution in [0, 0.1) is 0 Å². The van der Waals surface area contributed by atoms with Gasteiger partial charge >= 0.3 is 0 Å². The van der Waals surface area contributed by atoms with Crippen molar-refractivity contribution in [2.75, 3.05) is 32.5 Å². The molecule has 0 unspecified atom stereocenters. The van der Waals surface area contributed by atoms with Crippen LogP contribution in [0.15, 0.2) is 53.2 Å². The number of benzene rings is 2. The lowest BCUT2D eigenvalue weighted by molar-refractivity contribution is 0.0944. The SMILES string of the molecule is COc1cc(CNCCNC(=O)c2nonc2N)ccc1OCCc1ccccc1.Cl. The van der Waals surface area contributed by atoms with Crippen molar-refractivity contribution in [2.24, 2.45) is 0 Å². The first-order valence-corrected chi connectivity index (χ1v) is 9.58. The van der Waals surface area contributed by atoms with Gasteiger partial charge in [-0.3, -0.25) is 4.79 Å². The molecule has 0 bridgehead atoms. The summed E-state index contributed by atoms with van der Waals surface area (Å²) in [6, 6.07) is 16.0. The number of amides is 1. The quantitative estimate of drug-likeness (QED) is 0.382. The summed E-state index contributed by atoms with van der Waals surface area (Å²) in [6.45, 7) is 2.16. The molecule has 0 saturated carbocycles. The first kappa shape index (κ1) is 24.0. The third-order valence-electron chi connectivity index (χ3n) is 4.36. The van der Waals surface area contributed by atoms with E-state index >= 15 is 0 Å². The third-order valence-corrected chi connectivity index (χ3v) is 4.36. The van der Waals surface area contributed by atoms with Gasteiger partial charge in [0.15, 0.2) is 11.5 Å². The normalized spacial score (nSPS) is 10.2. The van der Waals surface area contributed by atoms with Gasteiger partial charge in [-0.15, -0.1) is 12.4 Å². The number of nitrogens with zero attached hydrogens (tertiary/aromatic N) is 2. The summed E-state index contributed by atoms with van der Waals surface area (Å²) >= 11 is 0. The van der Waals surface area contributed by atoms with Crippen molar-refractivity contribution in [3.8, 4) is 11.5 Å². The first-order chi connectivity index (χ1) is 14.7. The molecule has 1 amide bonds. The number of anilines is 1. The molecule has 0 fully saturated rings. The Morgan fingerprint density at radius 3 is 2.58 bits per heavy atom. The van der Waals surface area contributed by atoms with Crippen LogP contribution in [0.5, 0.6) is 11.5 Å². The molecule has 1 heterocycles. The van der Waals surface area contributed by atoms with E-state index in [1.807, 2.05) is 36.4 Å². The van der Waals surface area contributed by atoms with Crippen molar-refractivity contribution in [2.45, 2.75) is 13.0 Å². The van der Waals surface area contributed by atoms with E-state index in [4.69, 9.17) is 15.2 Å². The Bertz CT molecular complexity index is 952. The number of nitrogen functional groups attached to an aromatic ring is 1. The second-order valence-corrected chi connectivity index (χ2v) is 6.50. The second kappa shape index (κ2) is 12.4. The summed E-state index contributed by atoms with van der Waals surface area (Å²) in [7, 11) is 1.62. The van der Waals surface area contributed by atoms with Crippen molar-refractivity contribution in [1.82, 2.24) is 20.9 Å². The summed E-state index contributed by atoms with van der Waals surface area (Å²) in [6.07, 6.45) is 0.828. The smallest absolute Gasteiger partial charge is 0.277 e. The topological polar surface area (TPSA) is 125 Å². The molecule has 3 aromatic rings. The highest BCUT2D eigenvalue weighted by molar-refractivity contribution is 5.95. The van der Waals surface area contributed by atoms with Crippen LogP contribution in [-0.4, -0.2) is 43.0 Å². The van der Waals surface area contributed by atoms with Crippen LogP contribution in [0.1, 0.15) is 21.6 Å². The lowest BCUT2D eigenvalue weighted by Gasteiger charge is -2.13. The molecule has 0 atom stereocenters. The summed E-state index contributed by atoms with van der Waals surface area (Å²) < 4.78 is 15.7. The van der Waals surface area contributed by atoms with Gasteiger partial charge in [-0.05, 0) is 33.6 Å². The molecule has 3 rings (SSSR count). The van der Waals surface area contributed by atoms with E-state index in [1.54, 1.807) is 7.11 Å². The molecule has 31 heavy (non-hydrogen) atoms. The number of ether oxygens (including phenoxy) is 2. The summed E-state index contributed by atoms with van der Waals surface area (Å²) in [5.74, 6) is 0.945. The van der Waals surface area contributed by atoms with Gasteiger partial charge in [-0.1, -0.05) is 36.4 Å². The van der Waals surface area contributed by atoms with Crippen LogP contribution in [-0.2, 0) is 13.0 Å². The van der Waals surface area contributed by atoms with Crippen molar-refractivity contribution < 1.29 is 18.9 Å². The highest BCUT2D eigenvalue weighted by Crippen LogP contribution is 2.28. The van der Waals surface area contributed by atoms with Crippen LogP contribution in [0.4, 0.5) is 5.82 Å². The number of carbonyl (C=O) groups excluding carboxylic acids is 1. The predicted octanol–water partition coefficient (Wildman–Crippen LogP) is 2.22. The number of nitrogens with two attached hydrogens (primary N) is 1. The van der Waals surface area contributed by atoms with Crippen LogP contribution in [0.25, 0.3) is 0 Å². The second-order valence-electron chi connectivity index (χ2n) is 6.50. The molecule has 0 aliphatic carbocycles. The van der Waals surface area contributed by atoms with E-state index in [1.165, 1.54) is 5.56 Å². The third kappa shape index (κ3) is 7.16. The Balaban J connectivity index is 0.00000341. The number of aromatic nitrogens is 2. The minimum Gasteiger partial charge on any atom is -0.493 e. The standard InChI is InChI=1S/C21H25N5O4.ClH/c1-28-18-13-16(7-8-17(18)29-12-9-15-5-3-2-4-6-15)14-23-10-11-24-21(27)19-20(22)26-30-25-19;/h2-8,13,23H,9-12,14H2,1H3,(H2,22,26)(H,24,27);1H. The van der Waals surface area contributed by atoms with E-state index in [0.29, 0.717) is 37.7 Å². The van der Waals surface area contributed by atoms with Crippen molar-refractivity contribution >= 4 is 24.1 Å².